The molecule has 1 aromatic heterocycles. The Bertz CT molecular complexity index is 1040. The van der Waals surface area contributed by atoms with E-state index in [2.05, 4.69) is 22.0 Å². The predicted octanol–water partition coefficient (Wildman–Crippen LogP) is 4.14. The van der Waals surface area contributed by atoms with Crippen molar-refractivity contribution >= 4 is 23.4 Å². The largest absolute Gasteiger partial charge is 0.344 e. The summed E-state index contributed by atoms with van der Waals surface area (Å²) < 4.78 is 1.96. The zero-order valence-corrected chi connectivity index (χ0v) is 23.0. The molecule has 1 saturated carbocycles. The van der Waals surface area contributed by atoms with Gasteiger partial charge in [0.05, 0.1) is 0 Å². The van der Waals surface area contributed by atoms with Crippen molar-refractivity contribution < 1.29 is 9.59 Å². The van der Waals surface area contributed by atoms with E-state index in [1.165, 1.54) is 32.1 Å². The molecule has 2 fully saturated rings. The van der Waals surface area contributed by atoms with Crippen LogP contribution in [0.25, 0.3) is 0 Å². The molecule has 3 N–H and O–H groups in total. The average molecular weight is 541 g/mol. The van der Waals surface area contributed by atoms with Crippen LogP contribution in [-0.2, 0) is 22.6 Å². The molecule has 1 aliphatic carbocycles. The van der Waals surface area contributed by atoms with Gasteiger partial charge in [0.1, 0.15) is 18.7 Å². The number of aromatic nitrogens is 3. The number of carbonyl (C=O) groups is 2. The molecule has 1 aromatic carbocycles. The van der Waals surface area contributed by atoms with Gasteiger partial charge in [0.15, 0.2) is 0 Å². The van der Waals surface area contributed by atoms with Crippen LogP contribution in [0.15, 0.2) is 49.6 Å². The monoisotopic (exact) mass is 540 g/mol. The molecule has 38 heavy (non-hydrogen) atoms. The third kappa shape index (κ3) is 7.44. The minimum absolute atomic E-state index is 0.0383. The molecule has 8 nitrogen and oxygen atoms in total. The minimum Gasteiger partial charge on any atom is -0.344 e. The number of hydrogen-bond acceptors (Lipinski definition) is 5. The highest BCUT2D eigenvalue weighted by molar-refractivity contribution is 6.30. The van der Waals surface area contributed by atoms with E-state index in [1.807, 2.05) is 33.8 Å². The molecule has 2 aliphatic rings. The Balaban J connectivity index is 1.46. The first kappa shape index (κ1) is 28.3. The number of benzene rings is 1. The third-order valence-electron chi connectivity index (χ3n) is 8.39. The Kier molecular flexibility index (Phi) is 9.97. The number of likely N-dealkylation sites (tertiary alicyclic amines) is 1. The highest BCUT2D eigenvalue weighted by atomic mass is 35.5. The molecule has 2 heterocycles. The molecular formula is C29H41ClN6O2. The summed E-state index contributed by atoms with van der Waals surface area (Å²) in [6, 6.07) is 6.45. The van der Waals surface area contributed by atoms with E-state index >= 15 is 0 Å². The molecule has 0 spiro atoms. The van der Waals surface area contributed by atoms with Gasteiger partial charge in [-0.2, -0.15) is 5.10 Å². The Morgan fingerprint density at radius 1 is 1.18 bits per heavy atom. The van der Waals surface area contributed by atoms with Crippen molar-refractivity contribution in [1.82, 2.24) is 25.0 Å². The molecular weight excluding hydrogens is 500 g/mol. The van der Waals surface area contributed by atoms with Crippen molar-refractivity contribution in [3.05, 3.63) is 60.2 Å². The van der Waals surface area contributed by atoms with Crippen LogP contribution in [0.5, 0.6) is 0 Å². The predicted molar refractivity (Wildman–Crippen MR) is 149 cm³/mol. The maximum atomic E-state index is 13.8. The van der Waals surface area contributed by atoms with Gasteiger partial charge in [0.25, 0.3) is 0 Å². The highest BCUT2D eigenvalue weighted by Crippen LogP contribution is 2.47. The van der Waals surface area contributed by atoms with Gasteiger partial charge in [-0.15, -0.1) is 6.58 Å². The van der Waals surface area contributed by atoms with Crippen LogP contribution in [-0.4, -0.2) is 56.7 Å². The second-order valence-corrected chi connectivity index (χ2v) is 11.5. The lowest BCUT2D eigenvalue weighted by atomic mass is 9.63. The fourth-order valence-corrected chi connectivity index (χ4v) is 6.41. The summed E-state index contributed by atoms with van der Waals surface area (Å²) in [6.07, 6.45) is 14.4. The number of carbonyl (C=O) groups excluding carboxylic acids is 2. The van der Waals surface area contributed by atoms with Crippen LogP contribution >= 0.6 is 11.6 Å². The molecule has 4 rings (SSSR count). The summed E-state index contributed by atoms with van der Waals surface area (Å²) in [5, 5.41) is 8.03. The van der Waals surface area contributed by atoms with Crippen molar-refractivity contribution in [2.45, 2.75) is 82.8 Å². The average Bonchev–Trinajstić information content (AvgIpc) is 3.43. The van der Waals surface area contributed by atoms with E-state index in [1.54, 1.807) is 18.7 Å². The Hall–Kier alpha value is -2.71. The van der Waals surface area contributed by atoms with Gasteiger partial charge in [0.2, 0.25) is 11.8 Å². The van der Waals surface area contributed by atoms with E-state index in [-0.39, 0.29) is 29.7 Å². The van der Waals surface area contributed by atoms with E-state index in [0.717, 1.165) is 24.9 Å². The van der Waals surface area contributed by atoms with Crippen molar-refractivity contribution in [3.8, 4) is 0 Å². The first-order valence-electron chi connectivity index (χ1n) is 13.9. The lowest BCUT2D eigenvalue weighted by Crippen LogP contribution is -2.55. The lowest BCUT2D eigenvalue weighted by molar-refractivity contribution is -0.139. The standard InChI is InChI=1S/C29H41ClN6O2/c1-2-6-25(31)18-27(37)34-26(17-22-9-11-24(30)12-10-22)28(38)35-15-13-29(14-16-35,19-36-21-32-20-33-36)23-7-4-3-5-8-23/h2,9-12,20-21,23,25-26H,1,3-8,13-19,31H2,(H,34,37)/t25-,26+/m1/s1. The maximum Gasteiger partial charge on any atom is 0.245 e. The molecule has 2 amide bonds. The summed E-state index contributed by atoms with van der Waals surface area (Å²) in [6.45, 7) is 5.88. The van der Waals surface area contributed by atoms with Gasteiger partial charge in [-0.25, -0.2) is 4.98 Å². The van der Waals surface area contributed by atoms with Gasteiger partial charge in [-0.05, 0) is 61.1 Å². The van der Waals surface area contributed by atoms with Crippen molar-refractivity contribution in [2.75, 3.05) is 13.1 Å². The van der Waals surface area contributed by atoms with Crippen molar-refractivity contribution in [1.29, 1.82) is 0 Å². The summed E-state index contributed by atoms with van der Waals surface area (Å²) in [5.41, 5.74) is 7.11. The van der Waals surface area contributed by atoms with Gasteiger partial charge >= 0.3 is 0 Å². The topological polar surface area (TPSA) is 106 Å². The Morgan fingerprint density at radius 3 is 2.53 bits per heavy atom. The summed E-state index contributed by atoms with van der Waals surface area (Å²) in [7, 11) is 0. The fraction of sp³-hybridized carbons (Fsp3) is 0.586. The third-order valence-corrected chi connectivity index (χ3v) is 8.64. The summed E-state index contributed by atoms with van der Waals surface area (Å²) in [5.74, 6) is 0.378. The van der Waals surface area contributed by atoms with Crippen molar-refractivity contribution in [3.63, 3.8) is 0 Å². The molecule has 2 aromatic rings. The van der Waals surface area contributed by atoms with Crippen LogP contribution in [0.3, 0.4) is 0 Å². The van der Waals surface area contributed by atoms with E-state index in [9.17, 15) is 9.59 Å². The van der Waals surface area contributed by atoms with Crippen LogP contribution in [0.2, 0.25) is 5.02 Å². The first-order chi connectivity index (χ1) is 18.4. The van der Waals surface area contributed by atoms with Gasteiger partial charge in [0, 0.05) is 43.5 Å². The zero-order chi connectivity index (χ0) is 27.0. The van der Waals surface area contributed by atoms with Gasteiger partial charge < -0.3 is 16.0 Å². The van der Waals surface area contributed by atoms with Crippen LogP contribution < -0.4 is 11.1 Å². The summed E-state index contributed by atoms with van der Waals surface area (Å²) >= 11 is 6.07. The van der Waals surface area contributed by atoms with Crippen LogP contribution in [0.4, 0.5) is 0 Å². The highest BCUT2D eigenvalue weighted by Gasteiger charge is 2.43. The van der Waals surface area contributed by atoms with E-state index in [4.69, 9.17) is 17.3 Å². The van der Waals surface area contributed by atoms with Crippen LogP contribution in [0, 0.1) is 11.3 Å². The quantitative estimate of drug-likeness (QED) is 0.417. The maximum absolute atomic E-state index is 13.8. The number of halogens is 1. The molecule has 206 valence electrons. The number of nitrogens with zero attached hydrogens (tertiary/aromatic N) is 4. The Labute approximate surface area is 231 Å². The second kappa shape index (κ2) is 13.4. The van der Waals surface area contributed by atoms with E-state index in [0.29, 0.717) is 36.9 Å². The number of nitrogens with two attached hydrogens (primary N) is 1. The van der Waals surface area contributed by atoms with Crippen molar-refractivity contribution in [2.24, 2.45) is 17.1 Å². The first-order valence-corrected chi connectivity index (χ1v) is 14.3. The molecule has 1 saturated heterocycles. The molecule has 0 radical (unpaired) electrons. The summed E-state index contributed by atoms with van der Waals surface area (Å²) in [4.78, 5) is 32.8. The number of rotatable bonds is 11. The molecule has 0 unspecified atom stereocenters. The number of nitrogens with one attached hydrogen (secondary N) is 1. The molecule has 1 aliphatic heterocycles. The smallest absolute Gasteiger partial charge is 0.245 e. The van der Waals surface area contributed by atoms with Crippen LogP contribution in [0.1, 0.15) is 63.4 Å². The SMILES string of the molecule is C=CC[C@@H](N)CC(=O)N[C@@H](Cc1ccc(Cl)cc1)C(=O)N1CCC(Cn2cncn2)(C2CCCCC2)CC1. The minimum atomic E-state index is -0.655. The van der Waals surface area contributed by atoms with Gasteiger partial charge in [-0.3, -0.25) is 14.3 Å². The lowest BCUT2D eigenvalue weighted by Gasteiger charge is -2.48. The molecule has 0 bridgehead atoms. The number of piperidine rings is 1. The molecule has 9 heteroatoms. The number of amides is 2. The Morgan fingerprint density at radius 2 is 1.89 bits per heavy atom. The number of hydrogen-bond donors (Lipinski definition) is 2. The zero-order valence-electron chi connectivity index (χ0n) is 22.2. The van der Waals surface area contributed by atoms with E-state index < -0.39 is 6.04 Å². The van der Waals surface area contributed by atoms with Gasteiger partial charge in [-0.1, -0.05) is 49.1 Å². The molecule has 2 atom stereocenters. The second-order valence-electron chi connectivity index (χ2n) is 11.1. The normalized spacial score (nSPS) is 19.5. The fourth-order valence-electron chi connectivity index (χ4n) is 6.29.